The van der Waals surface area contributed by atoms with E-state index in [2.05, 4.69) is 11.9 Å². The molecule has 0 aliphatic carbocycles. The highest BCUT2D eigenvalue weighted by Gasteiger charge is 1.95. The summed E-state index contributed by atoms with van der Waals surface area (Å²) in [6.07, 6.45) is 7.88. The fourth-order valence-corrected chi connectivity index (χ4v) is 1.36. The van der Waals surface area contributed by atoms with Crippen LogP contribution in [0.3, 0.4) is 0 Å². The van der Waals surface area contributed by atoms with Crippen molar-refractivity contribution in [2.24, 2.45) is 0 Å². The van der Waals surface area contributed by atoms with Gasteiger partial charge in [-0.05, 0) is 25.1 Å². The molecule has 0 saturated heterocycles. The summed E-state index contributed by atoms with van der Waals surface area (Å²) < 4.78 is 4.98. The summed E-state index contributed by atoms with van der Waals surface area (Å²) in [5.74, 6) is 0. The third kappa shape index (κ3) is 3.22. The third-order valence-corrected chi connectivity index (χ3v) is 2.07. The Morgan fingerprint density at radius 3 is 2.83 bits per heavy atom. The van der Waals surface area contributed by atoms with Crippen LogP contribution in [0.25, 0.3) is 0 Å². The van der Waals surface area contributed by atoms with E-state index in [1.54, 1.807) is 6.26 Å². The van der Waals surface area contributed by atoms with Crippen molar-refractivity contribution < 1.29 is 4.42 Å². The monoisotopic (exact) mass is 185 g/mol. The zero-order valence-electron chi connectivity index (χ0n) is 7.43. The van der Waals surface area contributed by atoms with Crippen LogP contribution in [0.5, 0.6) is 0 Å². The van der Waals surface area contributed by atoms with Gasteiger partial charge in [-0.3, -0.25) is 0 Å². The summed E-state index contributed by atoms with van der Waals surface area (Å²) in [5.41, 5.74) is 1.12. The maximum atomic E-state index is 4.98. The first-order valence-electron chi connectivity index (χ1n) is 4.49. The van der Waals surface area contributed by atoms with Crippen LogP contribution in [-0.2, 0) is 6.42 Å². The molecule has 68 valence electrons. The number of oxazole rings is 1. The Hall–Kier alpha value is -0.570. The van der Waals surface area contributed by atoms with E-state index in [1.807, 2.05) is 0 Å². The number of rotatable bonds is 5. The van der Waals surface area contributed by atoms with Crippen LogP contribution in [0.15, 0.2) is 10.7 Å². The summed E-state index contributed by atoms with van der Waals surface area (Å²) >= 11 is 4.81. The minimum atomic E-state index is 0.487. The summed E-state index contributed by atoms with van der Waals surface area (Å²) in [6, 6.07) is 0. The van der Waals surface area contributed by atoms with Crippen molar-refractivity contribution in [1.29, 1.82) is 0 Å². The van der Waals surface area contributed by atoms with E-state index in [0.717, 1.165) is 12.1 Å². The number of aromatic nitrogens is 1. The lowest BCUT2D eigenvalue weighted by Gasteiger charge is -1.95. The number of hydrogen-bond donors (Lipinski definition) is 1. The maximum Gasteiger partial charge on any atom is 0.266 e. The highest BCUT2D eigenvalue weighted by atomic mass is 32.1. The van der Waals surface area contributed by atoms with Crippen molar-refractivity contribution in [1.82, 2.24) is 4.98 Å². The average Bonchev–Trinajstić information content (AvgIpc) is 2.45. The van der Waals surface area contributed by atoms with Gasteiger partial charge in [0.1, 0.15) is 6.26 Å². The van der Waals surface area contributed by atoms with Gasteiger partial charge in [-0.15, -0.1) is 0 Å². The summed E-state index contributed by atoms with van der Waals surface area (Å²) in [6.45, 7) is 2.21. The van der Waals surface area contributed by atoms with Gasteiger partial charge in [0.2, 0.25) is 0 Å². The summed E-state index contributed by atoms with van der Waals surface area (Å²) in [5, 5.41) is 0. The van der Waals surface area contributed by atoms with E-state index >= 15 is 0 Å². The first-order valence-corrected chi connectivity index (χ1v) is 4.90. The Morgan fingerprint density at radius 1 is 1.42 bits per heavy atom. The molecule has 0 radical (unpaired) electrons. The first-order chi connectivity index (χ1) is 5.83. The van der Waals surface area contributed by atoms with Crippen molar-refractivity contribution in [3.63, 3.8) is 0 Å². The Balaban J connectivity index is 2.20. The Bertz CT molecular complexity index is 263. The molecular formula is C9H15NOS. The van der Waals surface area contributed by atoms with Gasteiger partial charge >= 0.3 is 0 Å². The standard InChI is InChI=1S/C9H15NOS/c1-2-3-4-5-6-8-7-11-9(12)10-8/h7H,2-6H2,1H3,(H,10,12). The second-order valence-electron chi connectivity index (χ2n) is 2.98. The molecule has 0 atom stereocenters. The molecule has 12 heavy (non-hydrogen) atoms. The fraction of sp³-hybridized carbons (Fsp3) is 0.667. The molecular weight excluding hydrogens is 170 g/mol. The average molecular weight is 185 g/mol. The SMILES string of the molecule is CCCCCCc1coc(=S)[nH]1. The Kier molecular flexibility index (Phi) is 4.08. The zero-order chi connectivity index (χ0) is 8.81. The summed E-state index contributed by atoms with van der Waals surface area (Å²) in [7, 11) is 0. The van der Waals surface area contributed by atoms with Crippen LogP contribution < -0.4 is 0 Å². The van der Waals surface area contributed by atoms with Crippen molar-refractivity contribution in [3.8, 4) is 0 Å². The number of nitrogens with one attached hydrogen (secondary N) is 1. The van der Waals surface area contributed by atoms with E-state index in [-0.39, 0.29) is 0 Å². The number of H-pyrrole nitrogens is 1. The van der Waals surface area contributed by atoms with Gasteiger partial charge in [-0.2, -0.15) is 0 Å². The lowest BCUT2D eigenvalue weighted by molar-refractivity contribution is 0.539. The van der Waals surface area contributed by atoms with Crippen molar-refractivity contribution in [2.45, 2.75) is 39.0 Å². The number of unbranched alkanes of at least 4 members (excludes halogenated alkanes) is 3. The molecule has 0 fully saturated rings. The van der Waals surface area contributed by atoms with Gasteiger partial charge in [0.05, 0.1) is 5.69 Å². The Labute approximate surface area is 78.0 Å². The number of aryl methyl sites for hydroxylation is 1. The van der Waals surface area contributed by atoms with Crippen LogP contribution in [0.1, 0.15) is 38.3 Å². The predicted molar refractivity (Wildman–Crippen MR) is 51.7 cm³/mol. The lowest BCUT2D eigenvalue weighted by Crippen LogP contribution is -1.84. The van der Waals surface area contributed by atoms with E-state index < -0.39 is 0 Å². The van der Waals surface area contributed by atoms with Crippen LogP contribution in [0, 0.1) is 4.84 Å². The predicted octanol–water partition coefficient (Wildman–Crippen LogP) is 3.46. The molecule has 0 aliphatic heterocycles. The molecule has 1 rings (SSSR count). The zero-order valence-corrected chi connectivity index (χ0v) is 8.25. The molecule has 1 N–H and O–H groups in total. The van der Waals surface area contributed by atoms with Gasteiger partial charge in [0, 0.05) is 0 Å². The molecule has 1 aromatic rings. The lowest BCUT2D eigenvalue weighted by atomic mass is 10.1. The highest BCUT2D eigenvalue weighted by Crippen LogP contribution is 2.05. The van der Waals surface area contributed by atoms with E-state index in [1.165, 1.54) is 25.7 Å². The van der Waals surface area contributed by atoms with Crippen molar-refractivity contribution >= 4 is 12.2 Å². The number of hydrogen-bond acceptors (Lipinski definition) is 2. The maximum absolute atomic E-state index is 4.98. The van der Waals surface area contributed by atoms with Crippen molar-refractivity contribution in [2.75, 3.05) is 0 Å². The second kappa shape index (κ2) is 5.14. The minimum absolute atomic E-state index is 0.487. The smallest absolute Gasteiger partial charge is 0.266 e. The molecule has 1 heterocycles. The summed E-state index contributed by atoms with van der Waals surface area (Å²) in [4.78, 5) is 3.49. The number of aromatic amines is 1. The van der Waals surface area contributed by atoms with Crippen LogP contribution in [0.4, 0.5) is 0 Å². The third-order valence-electron chi connectivity index (χ3n) is 1.87. The van der Waals surface area contributed by atoms with Gasteiger partial charge < -0.3 is 9.40 Å². The topological polar surface area (TPSA) is 28.9 Å². The highest BCUT2D eigenvalue weighted by molar-refractivity contribution is 7.71. The molecule has 0 amide bonds. The van der Waals surface area contributed by atoms with Gasteiger partial charge in [0.15, 0.2) is 0 Å². The molecule has 0 unspecified atom stereocenters. The molecule has 0 spiro atoms. The second-order valence-corrected chi connectivity index (χ2v) is 3.35. The van der Waals surface area contributed by atoms with Gasteiger partial charge in [-0.1, -0.05) is 26.2 Å². The van der Waals surface area contributed by atoms with Crippen LogP contribution in [-0.4, -0.2) is 4.98 Å². The van der Waals surface area contributed by atoms with Crippen molar-refractivity contribution in [3.05, 3.63) is 16.8 Å². The molecule has 2 nitrogen and oxygen atoms in total. The van der Waals surface area contributed by atoms with Gasteiger partial charge in [0.25, 0.3) is 4.84 Å². The first kappa shape index (κ1) is 9.52. The molecule has 3 heteroatoms. The largest absolute Gasteiger partial charge is 0.438 e. The molecule has 0 aromatic carbocycles. The minimum Gasteiger partial charge on any atom is -0.438 e. The van der Waals surface area contributed by atoms with E-state index in [9.17, 15) is 0 Å². The fourth-order valence-electron chi connectivity index (χ4n) is 1.18. The van der Waals surface area contributed by atoms with E-state index in [4.69, 9.17) is 16.6 Å². The van der Waals surface area contributed by atoms with Crippen LogP contribution >= 0.6 is 12.2 Å². The van der Waals surface area contributed by atoms with Crippen LogP contribution in [0.2, 0.25) is 0 Å². The molecule has 0 saturated carbocycles. The van der Waals surface area contributed by atoms with E-state index in [0.29, 0.717) is 4.84 Å². The Morgan fingerprint density at radius 2 is 2.25 bits per heavy atom. The normalized spacial score (nSPS) is 10.4. The molecule has 1 aromatic heterocycles. The van der Waals surface area contributed by atoms with Gasteiger partial charge in [-0.25, -0.2) is 0 Å². The molecule has 0 aliphatic rings. The molecule has 0 bridgehead atoms. The quantitative estimate of drug-likeness (QED) is 0.562.